The third-order valence-electron chi connectivity index (χ3n) is 5.49. The second-order valence-corrected chi connectivity index (χ2v) is 7.89. The molecule has 0 unspecified atom stereocenters. The predicted octanol–water partition coefficient (Wildman–Crippen LogP) is 2.46. The van der Waals surface area contributed by atoms with Crippen molar-refractivity contribution in [3.8, 4) is 0 Å². The van der Waals surface area contributed by atoms with Gasteiger partial charge in [0.1, 0.15) is 5.82 Å². The molecule has 1 aliphatic heterocycles. The number of hydrogen-bond donors (Lipinski definition) is 2. The third-order valence-corrected chi connectivity index (χ3v) is 5.49. The number of guanidine groups is 1. The first-order chi connectivity index (χ1) is 14.7. The molecular formula is C22H35FIN5O2. The van der Waals surface area contributed by atoms with Crippen LogP contribution in [0.15, 0.2) is 29.3 Å². The maximum absolute atomic E-state index is 13.1. The van der Waals surface area contributed by atoms with Crippen LogP contribution in [0.3, 0.4) is 0 Å². The Kier molecular flexibility index (Phi) is 11.3. The van der Waals surface area contributed by atoms with Gasteiger partial charge in [0.25, 0.3) is 0 Å². The Hall–Kier alpha value is -1.62. The number of piperazine rings is 1. The van der Waals surface area contributed by atoms with Crippen molar-refractivity contribution in [3.05, 3.63) is 30.1 Å². The summed E-state index contributed by atoms with van der Waals surface area (Å²) >= 11 is 0. The summed E-state index contributed by atoms with van der Waals surface area (Å²) in [5.41, 5.74) is 0.998. The lowest BCUT2D eigenvalue weighted by Gasteiger charge is -2.36. The smallest absolute Gasteiger partial charge is 0.224 e. The van der Waals surface area contributed by atoms with E-state index < -0.39 is 0 Å². The van der Waals surface area contributed by atoms with Crippen molar-refractivity contribution in [2.45, 2.75) is 25.7 Å². The SMILES string of the molecule is CN=C(NCCCOCC1CC1)NCCC(=O)N1CCN(c2ccc(F)cc2)CC1.I. The standard InChI is InChI=1S/C22H34FN5O2.HI/c1-24-22(25-10-2-16-30-17-18-3-4-18)26-11-9-21(29)28-14-12-27(13-15-28)20-7-5-19(23)6-8-20;/h5-8,18H,2-4,9-17H2,1H3,(H2,24,25,26);1H. The molecule has 1 heterocycles. The zero-order valence-corrected chi connectivity index (χ0v) is 20.6. The molecule has 1 saturated heterocycles. The first kappa shape index (κ1) is 25.6. The van der Waals surface area contributed by atoms with Crippen molar-refractivity contribution in [1.29, 1.82) is 0 Å². The van der Waals surface area contributed by atoms with Gasteiger partial charge in [0.05, 0.1) is 0 Å². The largest absolute Gasteiger partial charge is 0.381 e. The first-order valence-electron chi connectivity index (χ1n) is 11.0. The van der Waals surface area contributed by atoms with Gasteiger partial charge in [-0.25, -0.2) is 4.39 Å². The molecule has 0 spiro atoms. The molecule has 0 atom stereocenters. The highest BCUT2D eigenvalue weighted by molar-refractivity contribution is 14.0. The van der Waals surface area contributed by atoms with E-state index in [0.717, 1.165) is 50.9 Å². The molecule has 31 heavy (non-hydrogen) atoms. The Bertz CT molecular complexity index is 692. The number of carbonyl (C=O) groups excluding carboxylic acids is 1. The molecule has 0 aromatic heterocycles. The molecule has 1 aromatic rings. The Balaban J connectivity index is 0.00000341. The molecule has 2 fully saturated rings. The van der Waals surface area contributed by atoms with E-state index in [2.05, 4.69) is 20.5 Å². The van der Waals surface area contributed by atoms with Gasteiger partial charge in [0.2, 0.25) is 5.91 Å². The van der Waals surface area contributed by atoms with Crippen LogP contribution in [0.1, 0.15) is 25.7 Å². The van der Waals surface area contributed by atoms with Gasteiger partial charge >= 0.3 is 0 Å². The normalized spacial score (nSPS) is 16.6. The summed E-state index contributed by atoms with van der Waals surface area (Å²) in [6.07, 6.45) is 4.00. The number of aliphatic imine (C=N–C) groups is 1. The maximum atomic E-state index is 13.1. The molecular weight excluding hydrogens is 512 g/mol. The Morgan fingerprint density at radius 2 is 1.81 bits per heavy atom. The minimum absolute atomic E-state index is 0. The molecule has 1 saturated carbocycles. The van der Waals surface area contributed by atoms with E-state index in [0.29, 0.717) is 32.0 Å². The molecule has 1 amide bonds. The number of halogens is 2. The highest BCUT2D eigenvalue weighted by Crippen LogP contribution is 2.28. The number of benzene rings is 1. The molecule has 7 nitrogen and oxygen atoms in total. The van der Waals surface area contributed by atoms with Crippen molar-refractivity contribution in [2.75, 3.05) is 64.4 Å². The van der Waals surface area contributed by atoms with Crippen LogP contribution in [0, 0.1) is 11.7 Å². The summed E-state index contributed by atoms with van der Waals surface area (Å²) in [6.45, 7) is 5.90. The van der Waals surface area contributed by atoms with Crippen LogP contribution in [0.5, 0.6) is 0 Å². The van der Waals surface area contributed by atoms with Gasteiger partial charge in [0.15, 0.2) is 5.96 Å². The van der Waals surface area contributed by atoms with Crippen molar-refractivity contribution >= 4 is 41.5 Å². The predicted molar refractivity (Wildman–Crippen MR) is 133 cm³/mol. The second-order valence-electron chi connectivity index (χ2n) is 7.89. The van der Waals surface area contributed by atoms with E-state index in [1.807, 2.05) is 4.90 Å². The molecule has 2 N–H and O–H groups in total. The number of amides is 1. The average molecular weight is 547 g/mol. The summed E-state index contributed by atoms with van der Waals surface area (Å²) in [4.78, 5) is 20.8. The quantitative estimate of drug-likeness (QED) is 0.204. The second kappa shape index (κ2) is 13.7. The number of carbonyl (C=O) groups is 1. The van der Waals surface area contributed by atoms with Crippen molar-refractivity contribution < 1.29 is 13.9 Å². The van der Waals surface area contributed by atoms with Crippen LogP contribution in [-0.4, -0.2) is 76.3 Å². The van der Waals surface area contributed by atoms with Gasteiger partial charge in [0, 0.05) is 71.6 Å². The van der Waals surface area contributed by atoms with Gasteiger partial charge in [-0.2, -0.15) is 0 Å². The molecule has 2 aliphatic rings. The fraction of sp³-hybridized carbons (Fsp3) is 0.636. The molecule has 1 aliphatic carbocycles. The number of ether oxygens (including phenoxy) is 1. The Morgan fingerprint density at radius 3 is 2.45 bits per heavy atom. The van der Waals surface area contributed by atoms with Crippen LogP contribution < -0.4 is 15.5 Å². The van der Waals surface area contributed by atoms with Crippen LogP contribution in [0.25, 0.3) is 0 Å². The van der Waals surface area contributed by atoms with Gasteiger partial charge in [-0.3, -0.25) is 9.79 Å². The number of rotatable bonds is 10. The highest BCUT2D eigenvalue weighted by Gasteiger charge is 2.21. The van der Waals surface area contributed by atoms with Crippen LogP contribution in [0.4, 0.5) is 10.1 Å². The molecule has 0 radical (unpaired) electrons. The molecule has 9 heteroatoms. The lowest BCUT2D eigenvalue weighted by Crippen LogP contribution is -2.49. The zero-order valence-electron chi connectivity index (χ0n) is 18.3. The third kappa shape index (κ3) is 9.18. The van der Waals surface area contributed by atoms with E-state index in [1.54, 1.807) is 19.2 Å². The summed E-state index contributed by atoms with van der Waals surface area (Å²) in [6, 6.07) is 6.52. The van der Waals surface area contributed by atoms with Gasteiger partial charge in [-0.05, 0) is 49.4 Å². The average Bonchev–Trinajstić information content (AvgIpc) is 3.60. The lowest BCUT2D eigenvalue weighted by atomic mass is 10.2. The maximum Gasteiger partial charge on any atom is 0.224 e. The fourth-order valence-electron chi connectivity index (χ4n) is 3.45. The van der Waals surface area contributed by atoms with E-state index in [-0.39, 0.29) is 35.7 Å². The fourth-order valence-corrected chi connectivity index (χ4v) is 3.45. The summed E-state index contributed by atoms with van der Waals surface area (Å²) < 4.78 is 18.7. The van der Waals surface area contributed by atoms with Gasteiger partial charge in [-0.1, -0.05) is 0 Å². The highest BCUT2D eigenvalue weighted by atomic mass is 127. The van der Waals surface area contributed by atoms with Crippen LogP contribution in [-0.2, 0) is 9.53 Å². The minimum Gasteiger partial charge on any atom is -0.381 e. The Morgan fingerprint density at radius 1 is 1.13 bits per heavy atom. The number of hydrogen-bond acceptors (Lipinski definition) is 4. The van der Waals surface area contributed by atoms with Gasteiger partial charge in [-0.15, -0.1) is 24.0 Å². The molecule has 1 aromatic carbocycles. The van der Waals surface area contributed by atoms with E-state index >= 15 is 0 Å². The van der Waals surface area contributed by atoms with E-state index in [1.165, 1.54) is 25.0 Å². The topological polar surface area (TPSA) is 69.2 Å². The van der Waals surface area contributed by atoms with Crippen LogP contribution >= 0.6 is 24.0 Å². The summed E-state index contributed by atoms with van der Waals surface area (Å²) in [7, 11) is 1.73. The number of nitrogens with one attached hydrogen (secondary N) is 2. The number of anilines is 1. The number of nitrogens with zero attached hydrogens (tertiary/aromatic N) is 3. The van der Waals surface area contributed by atoms with Crippen molar-refractivity contribution in [1.82, 2.24) is 15.5 Å². The zero-order chi connectivity index (χ0) is 21.2. The van der Waals surface area contributed by atoms with Crippen molar-refractivity contribution in [3.63, 3.8) is 0 Å². The summed E-state index contributed by atoms with van der Waals surface area (Å²) in [5.74, 6) is 1.43. The van der Waals surface area contributed by atoms with Crippen LogP contribution in [0.2, 0.25) is 0 Å². The molecule has 174 valence electrons. The molecule has 3 rings (SSSR count). The molecule has 0 bridgehead atoms. The van der Waals surface area contributed by atoms with E-state index in [4.69, 9.17) is 4.74 Å². The van der Waals surface area contributed by atoms with E-state index in [9.17, 15) is 9.18 Å². The monoisotopic (exact) mass is 547 g/mol. The Labute approximate surface area is 201 Å². The minimum atomic E-state index is -0.230. The first-order valence-corrected chi connectivity index (χ1v) is 11.0. The summed E-state index contributed by atoms with van der Waals surface area (Å²) in [5, 5.41) is 6.46. The van der Waals surface area contributed by atoms with Gasteiger partial charge < -0.3 is 25.2 Å². The van der Waals surface area contributed by atoms with Crippen molar-refractivity contribution in [2.24, 2.45) is 10.9 Å². The lowest BCUT2D eigenvalue weighted by molar-refractivity contribution is -0.131.